The number of aryl methyl sites for hydroxylation is 2. The maximum Gasteiger partial charge on any atom is 0.219 e. The number of pyridine rings is 1. The highest BCUT2D eigenvalue weighted by Gasteiger charge is 2.23. The lowest BCUT2D eigenvalue weighted by molar-refractivity contribution is -0.106. The topological polar surface area (TPSA) is 37.6 Å². The normalized spacial score (nSPS) is 11.2. The van der Waals surface area contributed by atoms with Crippen LogP contribution in [0.15, 0.2) is 42.6 Å². The number of nitrogens with zero attached hydrogens (tertiary/aromatic N) is 3. The molecule has 0 fully saturated rings. The van der Waals surface area contributed by atoms with E-state index in [-0.39, 0.29) is 5.92 Å². The van der Waals surface area contributed by atoms with Crippen molar-refractivity contribution in [2.75, 3.05) is 4.90 Å². The molecule has 0 aliphatic rings. The number of aromatic nitrogens is 2. The molecule has 3 rings (SSSR count). The molecule has 4 heteroatoms. The maximum atomic E-state index is 12.0. The Morgan fingerprint density at radius 2 is 1.78 bits per heavy atom. The number of imidazole rings is 1. The number of rotatable bonds is 4. The van der Waals surface area contributed by atoms with Gasteiger partial charge in [0.2, 0.25) is 6.41 Å². The minimum absolute atomic E-state index is 0.219. The van der Waals surface area contributed by atoms with Gasteiger partial charge >= 0.3 is 0 Å². The van der Waals surface area contributed by atoms with E-state index in [4.69, 9.17) is 4.98 Å². The third-order valence-corrected chi connectivity index (χ3v) is 4.09. The van der Waals surface area contributed by atoms with Crippen molar-refractivity contribution in [2.45, 2.75) is 33.6 Å². The number of para-hydroxylation sites is 1. The Bertz CT molecular complexity index is 844. The van der Waals surface area contributed by atoms with Crippen molar-refractivity contribution < 1.29 is 4.79 Å². The lowest BCUT2D eigenvalue weighted by Gasteiger charge is -2.23. The maximum absolute atomic E-state index is 12.0. The monoisotopic (exact) mass is 307 g/mol. The van der Waals surface area contributed by atoms with Crippen LogP contribution in [-0.4, -0.2) is 15.8 Å². The molecule has 0 unspecified atom stereocenters. The van der Waals surface area contributed by atoms with Crippen molar-refractivity contribution in [1.82, 2.24) is 9.38 Å². The smallest absolute Gasteiger partial charge is 0.219 e. The van der Waals surface area contributed by atoms with Gasteiger partial charge in [-0.05, 0) is 43.0 Å². The van der Waals surface area contributed by atoms with E-state index in [9.17, 15) is 4.79 Å². The highest BCUT2D eigenvalue weighted by molar-refractivity contribution is 5.89. The molecule has 0 aliphatic carbocycles. The molecule has 1 amide bonds. The average Bonchev–Trinajstić information content (AvgIpc) is 2.91. The van der Waals surface area contributed by atoms with Gasteiger partial charge < -0.3 is 0 Å². The molecule has 2 aromatic heterocycles. The SMILES string of the molecule is Cc1cccc(C)c1N(C=O)c1c(C(C)C)nc2ccccn12. The molecular formula is C19H21N3O. The predicted molar refractivity (Wildman–Crippen MR) is 93.4 cm³/mol. The standard InChI is InChI=1S/C19H21N3O/c1-13(2)17-19(21-11-6-5-10-16(21)20-17)22(12-23)18-14(3)8-7-9-15(18)4/h5-13H,1-4H3. The van der Waals surface area contributed by atoms with Crippen LogP contribution in [0.25, 0.3) is 5.65 Å². The van der Waals surface area contributed by atoms with Crippen molar-refractivity contribution in [1.29, 1.82) is 0 Å². The second kappa shape index (κ2) is 5.88. The zero-order chi connectivity index (χ0) is 16.6. The molecule has 2 heterocycles. The van der Waals surface area contributed by atoms with Crippen LogP contribution >= 0.6 is 0 Å². The van der Waals surface area contributed by atoms with Crippen molar-refractivity contribution in [3.63, 3.8) is 0 Å². The highest BCUT2D eigenvalue weighted by atomic mass is 16.1. The van der Waals surface area contributed by atoms with Crippen molar-refractivity contribution in [3.05, 3.63) is 59.4 Å². The lowest BCUT2D eigenvalue weighted by Crippen LogP contribution is -2.20. The molecule has 0 atom stereocenters. The minimum atomic E-state index is 0.219. The largest absolute Gasteiger partial charge is 0.285 e. The summed E-state index contributed by atoms with van der Waals surface area (Å²) >= 11 is 0. The van der Waals surface area contributed by atoms with Gasteiger partial charge in [-0.3, -0.25) is 14.1 Å². The van der Waals surface area contributed by atoms with Gasteiger partial charge in [0.1, 0.15) is 11.5 Å². The summed E-state index contributed by atoms with van der Waals surface area (Å²) in [6.07, 6.45) is 2.84. The van der Waals surface area contributed by atoms with Crippen LogP contribution in [-0.2, 0) is 4.79 Å². The lowest BCUT2D eigenvalue weighted by atomic mass is 10.1. The molecule has 0 spiro atoms. The predicted octanol–water partition coefficient (Wildman–Crippen LogP) is 4.37. The molecule has 23 heavy (non-hydrogen) atoms. The van der Waals surface area contributed by atoms with Crippen LogP contribution in [0.2, 0.25) is 0 Å². The summed E-state index contributed by atoms with van der Waals surface area (Å²) in [5.41, 5.74) is 4.83. The van der Waals surface area contributed by atoms with Gasteiger partial charge in [-0.1, -0.05) is 38.1 Å². The van der Waals surface area contributed by atoms with Gasteiger partial charge in [0.25, 0.3) is 0 Å². The molecule has 1 aromatic carbocycles. The Kier molecular flexibility index (Phi) is 3.90. The van der Waals surface area contributed by atoms with Gasteiger partial charge in [0.05, 0.1) is 11.4 Å². The van der Waals surface area contributed by atoms with E-state index in [2.05, 4.69) is 13.8 Å². The number of hydrogen-bond acceptors (Lipinski definition) is 2. The Balaban J connectivity index is 2.32. The number of hydrogen-bond donors (Lipinski definition) is 0. The zero-order valence-electron chi connectivity index (χ0n) is 13.9. The summed E-state index contributed by atoms with van der Waals surface area (Å²) in [4.78, 5) is 18.5. The molecule has 3 aromatic rings. The molecule has 0 aliphatic heterocycles. The third-order valence-electron chi connectivity index (χ3n) is 4.09. The number of anilines is 2. The third kappa shape index (κ3) is 2.50. The van der Waals surface area contributed by atoms with E-state index in [0.29, 0.717) is 0 Å². The van der Waals surface area contributed by atoms with E-state index in [1.165, 1.54) is 0 Å². The van der Waals surface area contributed by atoms with Crippen LogP contribution in [0.1, 0.15) is 36.6 Å². The first-order valence-electron chi connectivity index (χ1n) is 7.82. The van der Waals surface area contributed by atoms with E-state index in [1.807, 2.05) is 60.8 Å². The number of fused-ring (bicyclic) bond motifs is 1. The fraction of sp³-hybridized carbons (Fsp3) is 0.263. The van der Waals surface area contributed by atoms with Crippen molar-refractivity contribution in [2.24, 2.45) is 0 Å². The summed E-state index contributed by atoms with van der Waals surface area (Å²) in [7, 11) is 0. The van der Waals surface area contributed by atoms with Gasteiger partial charge in [0.15, 0.2) is 0 Å². The van der Waals surface area contributed by atoms with E-state index < -0.39 is 0 Å². The molecule has 0 bridgehead atoms. The number of carbonyl (C=O) groups is 1. The summed E-state index contributed by atoms with van der Waals surface area (Å²) in [6, 6.07) is 11.9. The fourth-order valence-electron chi connectivity index (χ4n) is 3.02. The Morgan fingerprint density at radius 1 is 1.09 bits per heavy atom. The van der Waals surface area contributed by atoms with E-state index >= 15 is 0 Å². The number of amides is 1. The summed E-state index contributed by atoms with van der Waals surface area (Å²) in [5, 5.41) is 0. The van der Waals surface area contributed by atoms with Crippen LogP contribution in [0.3, 0.4) is 0 Å². The summed E-state index contributed by atoms with van der Waals surface area (Å²) in [5.74, 6) is 1.04. The first-order valence-corrected chi connectivity index (χ1v) is 7.82. The van der Waals surface area contributed by atoms with Crippen LogP contribution in [0.4, 0.5) is 11.5 Å². The zero-order valence-corrected chi connectivity index (χ0v) is 13.9. The fourth-order valence-corrected chi connectivity index (χ4v) is 3.02. The molecule has 0 N–H and O–H groups in total. The summed E-state index contributed by atoms with van der Waals surface area (Å²) < 4.78 is 1.98. The average molecular weight is 307 g/mol. The second-order valence-electron chi connectivity index (χ2n) is 6.12. The van der Waals surface area contributed by atoms with Gasteiger partial charge in [0, 0.05) is 6.20 Å². The van der Waals surface area contributed by atoms with Crippen molar-refractivity contribution in [3.8, 4) is 0 Å². The number of carbonyl (C=O) groups excluding carboxylic acids is 1. The Hall–Kier alpha value is -2.62. The Morgan fingerprint density at radius 3 is 2.39 bits per heavy atom. The minimum Gasteiger partial charge on any atom is -0.285 e. The van der Waals surface area contributed by atoms with Crippen LogP contribution in [0, 0.1) is 13.8 Å². The molecule has 0 saturated carbocycles. The van der Waals surface area contributed by atoms with Crippen LogP contribution < -0.4 is 4.90 Å². The van der Waals surface area contributed by atoms with Gasteiger partial charge in [-0.15, -0.1) is 0 Å². The van der Waals surface area contributed by atoms with E-state index in [1.54, 1.807) is 4.90 Å². The highest BCUT2D eigenvalue weighted by Crippen LogP contribution is 2.35. The molecule has 118 valence electrons. The molecule has 4 nitrogen and oxygen atoms in total. The first-order chi connectivity index (χ1) is 11.0. The first kappa shape index (κ1) is 15.3. The number of benzene rings is 1. The quantitative estimate of drug-likeness (QED) is 0.671. The molecular weight excluding hydrogens is 286 g/mol. The van der Waals surface area contributed by atoms with Gasteiger partial charge in [-0.2, -0.15) is 0 Å². The molecule has 0 saturated heterocycles. The van der Waals surface area contributed by atoms with Crippen LogP contribution in [0.5, 0.6) is 0 Å². The molecule has 0 radical (unpaired) electrons. The van der Waals surface area contributed by atoms with E-state index in [0.717, 1.165) is 40.4 Å². The second-order valence-corrected chi connectivity index (χ2v) is 6.12. The van der Waals surface area contributed by atoms with Gasteiger partial charge in [-0.25, -0.2) is 4.98 Å². The summed E-state index contributed by atoms with van der Waals surface area (Å²) in [6.45, 7) is 8.24. The Labute approximate surface area is 136 Å². The van der Waals surface area contributed by atoms with Crippen molar-refractivity contribution >= 4 is 23.6 Å².